The lowest BCUT2D eigenvalue weighted by molar-refractivity contribution is 0.00317. The zero-order chi connectivity index (χ0) is 27.9. The molecule has 0 unspecified atom stereocenters. The molecule has 0 saturated carbocycles. The summed E-state index contributed by atoms with van der Waals surface area (Å²) in [6, 6.07) is 30.9. The van der Waals surface area contributed by atoms with Gasteiger partial charge < -0.3 is 4.74 Å². The molecule has 1 N–H and O–H groups in total. The highest BCUT2D eigenvalue weighted by Crippen LogP contribution is 2.33. The van der Waals surface area contributed by atoms with Gasteiger partial charge in [0.05, 0.1) is 5.76 Å². The maximum Gasteiger partial charge on any atom is 0.402 e. The molecule has 0 bridgehead atoms. The molecule has 0 amide bonds. The number of rotatable bonds is 7. The monoisotopic (exact) mass is 548 g/mol. The molecule has 200 valence electrons. The molecule has 0 saturated heterocycles. The summed E-state index contributed by atoms with van der Waals surface area (Å²) in [7, 11) is -5.90. The van der Waals surface area contributed by atoms with Crippen molar-refractivity contribution in [2.24, 2.45) is 0 Å². The Morgan fingerprint density at radius 2 is 1.19 bits per heavy atom. The molecule has 4 nitrogen and oxygen atoms in total. The molecule has 0 spiro atoms. The van der Waals surface area contributed by atoms with Crippen molar-refractivity contribution in [2.45, 2.75) is 52.2 Å². The van der Waals surface area contributed by atoms with Gasteiger partial charge in [0, 0.05) is 0 Å². The Morgan fingerprint density at radius 1 is 0.784 bits per heavy atom. The lowest BCUT2D eigenvalue weighted by Gasteiger charge is -2.22. The van der Waals surface area contributed by atoms with Crippen LogP contribution >= 0.6 is 7.92 Å². The van der Waals surface area contributed by atoms with Crippen LogP contribution in [0.4, 0.5) is 8.78 Å². The first-order chi connectivity index (χ1) is 17.1. The fraction of sp³-hybridized carbons (Fsp3) is 0.310. The van der Waals surface area contributed by atoms with Crippen LogP contribution in [0.25, 0.3) is 0 Å². The van der Waals surface area contributed by atoms with E-state index in [1.807, 2.05) is 0 Å². The maximum atomic E-state index is 12.6. The largest absolute Gasteiger partial charge is 0.491 e. The highest BCUT2D eigenvalue weighted by Gasteiger charge is 2.45. The molecule has 0 aliphatic rings. The fourth-order valence-corrected chi connectivity index (χ4v) is 5.61. The van der Waals surface area contributed by atoms with Crippen LogP contribution in [0.15, 0.2) is 96.3 Å². The Hall–Kier alpha value is -2.60. The van der Waals surface area contributed by atoms with E-state index in [-0.39, 0.29) is 11.2 Å². The van der Waals surface area contributed by atoms with E-state index in [1.165, 1.54) is 28.4 Å². The predicted molar refractivity (Wildman–Crippen MR) is 150 cm³/mol. The van der Waals surface area contributed by atoms with Crippen molar-refractivity contribution >= 4 is 34.0 Å². The third kappa shape index (κ3) is 9.03. The molecule has 3 aromatic rings. The Bertz CT molecular complexity index is 1230. The molecule has 3 aromatic carbocycles. The van der Waals surface area contributed by atoms with Gasteiger partial charge >= 0.3 is 15.4 Å². The van der Waals surface area contributed by atoms with E-state index in [2.05, 4.69) is 110 Å². The van der Waals surface area contributed by atoms with Gasteiger partial charge in [-0.3, -0.25) is 4.55 Å². The van der Waals surface area contributed by atoms with Crippen LogP contribution in [0, 0.1) is 0 Å². The normalized spacial score (nSPS) is 11.9. The fourth-order valence-electron chi connectivity index (χ4n) is 3.12. The molecule has 0 radical (unpaired) electrons. The molecule has 0 aromatic heterocycles. The van der Waals surface area contributed by atoms with Crippen molar-refractivity contribution in [3.05, 3.63) is 102 Å². The number of halogens is 2. The summed E-state index contributed by atoms with van der Waals surface area (Å²) in [6.07, 6.45) is 0. The van der Waals surface area contributed by atoms with E-state index >= 15 is 0 Å². The van der Waals surface area contributed by atoms with Crippen LogP contribution in [0.5, 0.6) is 0 Å². The third-order valence-electron chi connectivity index (χ3n) is 5.56. The smallest absolute Gasteiger partial charge is 0.402 e. The van der Waals surface area contributed by atoms with Crippen molar-refractivity contribution in [3.63, 3.8) is 0 Å². The van der Waals surface area contributed by atoms with Gasteiger partial charge in [-0.05, 0) is 61.2 Å². The van der Waals surface area contributed by atoms with Gasteiger partial charge in [-0.2, -0.15) is 17.2 Å². The van der Waals surface area contributed by atoms with Gasteiger partial charge in [-0.15, -0.1) is 0 Å². The van der Waals surface area contributed by atoms with E-state index in [9.17, 15) is 17.2 Å². The average Bonchev–Trinajstić information content (AvgIpc) is 2.83. The summed E-state index contributed by atoms with van der Waals surface area (Å²) >= 11 is 0. The minimum absolute atomic E-state index is 0.195. The standard InChI is InChI=1S/C22H23P.C7H12F2O4S/c1-22(2,3)18-14-16-21(17-15-18)23(19-10-6-4-7-11-19)20-12-8-5-9-13-20;1-5(2)6(3)13-4-7(8,9)14(10,11)12/h4-17H,1-3H3;4H2,1-3H3,(H,10,11,12). The van der Waals surface area contributed by atoms with Crippen LogP contribution < -0.4 is 15.9 Å². The SMILES string of the molecule is CC(C)(C)c1ccc(P(c2ccccc2)c2ccccc2)cc1.CC(C)=C(C)OCC(F)(F)S(=O)(=O)O. The van der Waals surface area contributed by atoms with E-state index in [0.717, 1.165) is 0 Å². The highest BCUT2D eigenvalue weighted by atomic mass is 32.2. The van der Waals surface area contributed by atoms with Crippen LogP contribution in [0.3, 0.4) is 0 Å². The second kappa shape index (κ2) is 12.8. The molecule has 37 heavy (non-hydrogen) atoms. The zero-order valence-corrected chi connectivity index (χ0v) is 23.8. The lowest BCUT2D eigenvalue weighted by atomic mass is 9.87. The Kier molecular flexibility index (Phi) is 10.6. The third-order valence-corrected chi connectivity index (χ3v) is 8.87. The van der Waals surface area contributed by atoms with Gasteiger partial charge in [0.2, 0.25) is 0 Å². The zero-order valence-electron chi connectivity index (χ0n) is 22.1. The first kappa shape index (κ1) is 30.6. The number of ether oxygens (including phenoxy) is 1. The van der Waals surface area contributed by atoms with Gasteiger partial charge in [-0.25, -0.2) is 0 Å². The average molecular weight is 549 g/mol. The van der Waals surface area contributed by atoms with Crippen molar-refractivity contribution < 1.29 is 26.5 Å². The number of allylic oxidation sites excluding steroid dienone is 2. The Morgan fingerprint density at radius 3 is 1.54 bits per heavy atom. The summed E-state index contributed by atoms with van der Waals surface area (Å²) in [5, 5.41) is -0.0659. The molecule has 0 aliphatic heterocycles. The minimum atomic E-state index is -5.40. The Balaban J connectivity index is 0.000000298. The molecule has 8 heteroatoms. The second-order valence-corrected chi connectivity index (χ2v) is 13.5. The molecule has 0 aliphatic carbocycles. The van der Waals surface area contributed by atoms with Gasteiger partial charge in [0.25, 0.3) is 0 Å². The van der Waals surface area contributed by atoms with Gasteiger partial charge in [-0.1, -0.05) is 106 Å². The maximum absolute atomic E-state index is 12.6. The van der Waals surface area contributed by atoms with E-state index in [1.54, 1.807) is 13.8 Å². The van der Waals surface area contributed by atoms with Gasteiger partial charge in [0.15, 0.2) is 6.61 Å². The van der Waals surface area contributed by atoms with Crippen molar-refractivity contribution in [3.8, 4) is 0 Å². The lowest BCUT2D eigenvalue weighted by Crippen LogP contribution is -2.33. The van der Waals surface area contributed by atoms with Crippen molar-refractivity contribution in [1.29, 1.82) is 0 Å². The van der Waals surface area contributed by atoms with Gasteiger partial charge in [0.1, 0.15) is 0 Å². The summed E-state index contributed by atoms with van der Waals surface area (Å²) in [4.78, 5) is 0. The summed E-state index contributed by atoms with van der Waals surface area (Å²) in [5.74, 6) is 0.202. The van der Waals surface area contributed by atoms with E-state index in [0.29, 0.717) is 5.57 Å². The first-order valence-corrected chi connectivity index (χ1v) is 14.5. The number of alkyl halides is 2. The van der Waals surface area contributed by atoms with E-state index in [4.69, 9.17) is 4.55 Å². The van der Waals surface area contributed by atoms with Crippen molar-refractivity contribution in [1.82, 2.24) is 0 Å². The summed E-state index contributed by atoms with van der Waals surface area (Å²) in [6.45, 7) is 10.1. The molecule has 0 atom stereocenters. The molecular weight excluding hydrogens is 513 g/mol. The van der Waals surface area contributed by atoms with Crippen LogP contribution in [0.1, 0.15) is 47.1 Å². The quantitative estimate of drug-likeness (QED) is 0.207. The van der Waals surface area contributed by atoms with Crippen LogP contribution in [0.2, 0.25) is 0 Å². The molecule has 0 fully saturated rings. The van der Waals surface area contributed by atoms with Crippen molar-refractivity contribution in [2.75, 3.05) is 6.61 Å². The highest BCUT2D eigenvalue weighted by molar-refractivity contribution is 7.86. The number of hydrogen-bond acceptors (Lipinski definition) is 3. The predicted octanol–water partition coefficient (Wildman–Crippen LogP) is 6.54. The second-order valence-electron chi connectivity index (χ2n) is 9.76. The minimum Gasteiger partial charge on any atom is -0.491 e. The number of hydrogen-bond donors (Lipinski definition) is 1. The summed E-state index contributed by atoms with van der Waals surface area (Å²) in [5.41, 5.74) is 2.23. The van der Waals surface area contributed by atoms with Crippen LogP contribution in [-0.2, 0) is 20.3 Å². The molecule has 3 rings (SSSR count). The van der Waals surface area contributed by atoms with E-state index < -0.39 is 29.9 Å². The molecule has 0 heterocycles. The number of benzene rings is 3. The summed E-state index contributed by atoms with van der Waals surface area (Å²) < 4.78 is 58.0. The molecular formula is C29H35F2O4PS. The van der Waals surface area contributed by atoms with Crippen LogP contribution in [-0.4, -0.2) is 24.8 Å². The first-order valence-electron chi connectivity index (χ1n) is 11.8. The Labute approximate surface area is 220 Å². The topological polar surface area (TPSA) is 63.6 Å².